The Labute approximate surface area is 115 Å². The molecule has 2 aromatic carbocycles. The van der Waals surface area contributed by atoms with Crippen LogP contribution in [0.4, 0.5) is 0 Å². The zero-order chi connectivity index (χ0) is 13.8. The van der Waals surface area contributed by atoms with E-state index in [9.17, 15) is 5.11 Å². The standard InChI is InChI=1S/C18H22O/c1-4-14-6-5-7-17(12-14)18(19)16-10-8-15(9-11-16)13(2)3/h5-13,18-19H,4H2,1-3H3. The summed E-state index contributed by atoms with van der Waals surface area (Å²) in [6.45, 7) is 6.48. The number of rotatable bonds is 4. The van der Waals surface area contributed by atoms with E-state index in [0.29, 0.717) is 5.92 Å². The zero-order valence-electron chi connectivity index (χ0n) is 11.9. The minimum Gasteiger partial charge on any atom is -0.384 e. The smallest absolute Gasteiger partial charge is 0.104 e. The third kappa shape index (κ3) is 3.24. The van der Waals surface area contributed by atoms with Crippen LogP contribution in [0.3, 0.4) is 0 Å². The lowest BCUT2D eigenvalue weighted by Crippen LogP contribution is -2.00. The molecule has 0 aromatic heterocycles. The SMILES string of the molecule is CCc1cccc(C(O)c2ccc(C(C)C)cc2)c1. The van der Waals surface area contributed by atoms with Crippen molar-refractivity contribution < 1.29 is 5.11 Å². The summed E-state index contributed by atoms with van der Waals surface area (Å²) in [5.41, 5.74) is 4.49. The maximum atomic E-state index is 10.4. The van der Waals surface area contributed by atoms with Crippen molar-refractivity contribution >= 4 is 0 Å². The Bertz CT molecular complexity index is 526. The van der Waals surface area contributed by atoms with Gasteiger partial charge in [-0.15, -0.1) is 0 Å². The van der Waals surface area contributed by atoms with Crippen LogP contribution in [0.1, 0.15) is 55.0 Å². The normalized spacial score (nSPS) is 12.7. The molecule has 0 radical (unpaired) electrons. The van der Waals surface area contributed by atoms with E-state index in [1.165, 1.54) is 11.1 Å². The van der Waals surface area contributed by atoms with Gasteiger partial charge in [0, 0.05) is 0 Å². The molecule has 0 saturated carbocycles. The number of hydrogen-bond acceptors (Lipinski definition) is 1. The fourth-order valence-corrected chi connectivity index (χ4v) is 2.24. The second-order valence-corrected chi connectivity index (χ2v) is 5.32. The Hall–Kier alpha value is -1.60. The van der Waals surface area contributed by atoms with E-state index in [1.807, 2.05) is 24.3 Å². The molecular formula is C18H22O. The highest BCUT2D eigenvalue weighted by atomic mass is 16.3. The highest BCUT2D eigenvalue weighted by molar-refractivity contribution is 5.34. The van der Waals surface area contributed by atoms with Crippen LogP contribution in [0, 0.1) is 0 Å². The van der Waals surface area contributed by atoms with Gasteiger partial charge in [0.05, 0.1) is 0 Å². The van der Waals surface area contributed by atoms with Crippen LogP contribution in [0.25, 0.3) is 0 Å². The summed E-state index contributed by atoms with van der Waals surface area (Å²) in [5, 5.41) is 10.4. The summed E-state index contributed by atoms with van der Waals surface area (Å²) >= 11 is 0. The van der Waals surface area contributed by atoms with Crippen LogP contribution < -0.4 is 0 Å². The molecule has 0 aliphatic carbocycles. The molecule has 2 aromatic rings. The van der Waals surface area contributed by atoms with Crippen LogP contribution in [-0.2, 0) is 6.42 Å². The van der Waals surface area contributed by atoms with Crippen LogP contribution in [0.5, 0.6) is 0 Å². The van der Waals surface area contributed by atoms with Crippen molar-refractivity contribution in [2.75, 3.05) is 0 Å². The van der Waals surface area contributed by atoms with Crippen molar-refractivity contribution in [3.8, 4) is 0 Å². The number of hydrogen-bond donors (Lipinski definition) is 1. The van der Waals surface area contributed by atoms with Gasteiger partial charge in [0.25, 0.3) is 0 Å². The highest BCUT2D eigenvalue weighted by Gasteiger charge is 2.11. The van der Waals surface area contributed by atoms with Crippen molar-refractivity contribution in [2.45, 2.75) is 39.2 Å². The molecule has 2 rings (SSSR count). The summed E-state index contributed by atoms with van der Waals surface area (Å²) in [6.07, 6.45) is 0.458. The van der Waals surface area contributed by atoms with Gasteiger partial charge in [0.2, 0.25) is 0 Å². The molecule has 1 unspecified atom stereocenters. The molecule has 0 aliphatic heterocycles. The van der Waals surface area contributed by atoms with E-state index >= 15 is 0 Å². The van der Waals surface area contributed by atoms with E-state index in [4.69, 9.17) is 0 Å². The fraction of sp³-hybridized carbons (Fsp3) is 0.333. The molecule has 100 valence electrons. The quantitative estimate of drug-likeness (QED) is 0.854. The summed E-state index contributed by atoms with van der Waals surface area (Å²) < 4.78 is 0. The maximum Gasteiger partial charge on any atom is 0.104 e. The van der Waals surface area contributed by atoms with Gasteiger partial charge in [-0.2, -0.15) is 0 Å². The van der Waals surface area contributed by atoms with Gasteiger partial charge in [-0.1, -0.05) is 69.3 Å². The lowest BCUT2D eigenvalue weighted by molar-refractivity contribution is 0.220. The third-order valence-electron chi connectivity index (χ3n) is 3.59. The van der Waals surface area contributed by atoms with Crippen LogP contribution in [0.15, 0.2) is 48.5 Å². The fourth-order valence-electron chi connectivity index (χ4n) is 2.24. The van der Waals surface area contributed by atoms with Gasteiger partial charge in [-0.25, -0.2) is 0 Å². The van der Waals surface area contributed by atoms with Crippen molar-refractivity contribution in [2.24, 2.45) is 0 Å². The summed E-state index contributed by atoms with van der Waals surface area (Å²) in [6, 6.07) is 16.4. The second kappa shape index (κ2) is 6.03. The van der Waals surface area contributed by atoms with Crippen LogP contribution in [-0.4, -0.2) is 5.11 Å². The average molecular weight is 254 g/mol. The molecule has 1 heteroatoms. The molecule has 1 nitrogen and oxygen atoms in total. The topological polar surface area (TPSA) is 20.2 Å². The monoisotopic (exact) mass is 254 g/mol. The first-order valence-corrected chi connectivity index (χ1v) is 6.98. The first-order valence-electron chi connectivity index (χ1n) is 6.98. The number of aliphatic hydroxyl groups excluding tert-OH is 1. The Kier molecular flexibility index (Phi) is 4.39. The van der Waals surface area contributed by atoms with Gasteiger partial charge in [0.1, 0.15) is 6.10 Å². The molecule has 0 aliphatic rings. The predicted octanol–water partition coefficient (Wildman–Crippen LogP) is 4.45. The van der Waals surface area contributed by atoms with E-state index < -0.39 is 6.10 Å². The van der Waals surface area contributed by atoms with E-state index in [1.54, 1.807) is 0 Å². The lowest BCUT2D eigenvalue weighted by Gasteiger charge is -2.14. The summed E-state index contributed by atoms with van der Waals surface area (Å²) in [7, 11) is 0. The molecule has 0 amide bonds. The first kappa shape index (κ1) is 13.8. The second-order valence-electron chi connectivity index (χ2n) is 5.32. The van der Waals surface area contributed by atoms with Gasteiger partial charge in [-0.05, 0) is 34.6 Å². The Morgan fingerprint density at radius 3 is 2.11 bits per heavy atom. The van der Waals surface area contributed by atoms with Gasteiger partial charge in [0.15, 0.2) is 0 Å². The zero-order valence-corrected chi connectivity index (χ0v) is 11.9. The average Bonchev–Trinajstić information content (AvgIpc) is 2.46. The van der Waals surface area contributed by atoms with E-state index in [0.717, 1.165) is 17.5 Å². The Morgan fingerprint density at radius 1 is 0.895 bits per heavy atom. The largest absolute Gasteiger partial charge is 0.384 e. The van der Waals surface area contributed by atoms with Crippen molar-refractivity contribution in [1.29, 1.82) is 0 Å². The number of aliphatic hydroxyl groups is 1. The number of aryl methyl sites for hydroxylation is 1. The Balaban J connectivity index is 2.25. The first-order chi connectivity index (χ1) is 9.11. The molecule has 0 saturated heterocycles. The minimum atomic E-state index is -0.535. The molecule has 0 fully saturated rings. The van der Waals surface area contributed by atoms with Gasteiger partial charge < -0.3 is 5.11 Å². The van der Waals surface area contributed by atoms with Crippen molar-refractivity contribution in [1.82, 2.24) is 0 Å². The van der Waals surface area contributed by atoms with Crippen LogP contribution in [0.2, 0.25) is 0 Å². The summed E-state index contributed by atoms with van der Waals surface area (Å²) in [5.74, 6) is 0.523. The Morgan fingerprint density at radius 2 is 1.53 bits per heavy atom. The third-order valence-corrected chi connectivity index (χ3v) is 3.59. The molecule has 1 atom stereocenters. The predicted molar refractivity (Wildman–Crippen MR) is 80.4 cm³/mol. The molecule has 0 heterocycles. The molecule has 0 spiro atoms. The van der Waals surface area contributed by atoms with Crippen molar-refractivity contribution in [3.63, 3.8) is 0 Å². The molecule has 0 bridgehead atoms. The minimum absolute atomic E-state index is 0.523. The van der Waals surface area contributed by atoms with Crippen molar-refractivity contribution in [3.05, 3.63) is 70.8 Å². The molecule has 1 N–H and O–H groups in total. The van der Waals surface area contributed by atoms with Gasteiger partial charge in [-0.3, -0.25) is 0 Å². The van der Waals surface area contributed by atoms with E-state index in [2.05, 4.69) is 45.0 Å². The molecule has 19 heavy (non-hydrogen) atoms. The summed E-state index contributed by atoms with van der Waals surface area (Å²) in [4.78, 5) is 0. The van der Waals surface area contributed by atoms with Crippen LogP contribution >= 0.6 is 0 Å². The highest BCUT2D eigenvalue weighted by Crippen LogP contribution is 2.24. The maximum absolute atomic E-state index is 10.4. The molecular weight excluding hydrogens is 232 g/mol. The number of benzene rings is 2. The van der Waals surface area contributed by atoms with Gasteiger partial charge >= 0.3 is 0 Å². The lowest BCUT2D eigenvalue weighted by atomic mass is 9.96. The van der Waals surface area contributed by atoms with E-state index in [-0.39, 0.29) is 0 Å².